The number of rotatable bonds is 6. The van der Waals surface area contributed by atoms with E-state index in [9.17, 15) is 9.59 Å². The normalized spacial score (nSPS) is 13.0. The lowest BCUT2D eigenvalue weighted by molar-refractivity contribution is -0.120. The van der Waals surface area contributed by atoms with Crippen LogP contribution in [0.25, 0.3) is 11.3 Å². The van der Waals surface area contributed by atoms with Crippen LogP contribution in [0.3, 0.4) is 0 Å². The average Bonchev–Trinajstić information content (AvgIpc) is 2.71. The molecular weight excluding hydrogens is 370 g/mol. The Balaban J connectivity index is 1.75. The van der Waals surface area contributed by atoms with E-state index in [1.54, 1.807) is 13.8 Å². The molecule has 0 aliphatic carbocycles. The molecule has 28 heavy (non-hydrogen) atoms. The Kier molecular flexibility index (Phi) is 6.31. The molecule has 0 spiro atoms. The van der Waals surface area contributed by atoms with Gasteiger partial charge in [0.2, 0.25) is 5.91 Å². The van der Waals surface area contributed by atoms with E-state index in [2.05, 4.69) is 15.3 Å². The van der Waals surface area contributed by atoms with Gasteiger partial charge in [0.1, 0.15) is 0 Å². The van der Waals surface area contributed by atoms with Gasteiger partial charge in [0, 0.05) is 11.1 Å². The maximum atomic E-state index is 12.6. The van der Waals surface area contributed by atoms with Crippen LogP contribution in [0, 0.1) is 6.92 Å². The van der Waals surface area contributed by atoms with Gasteiger partial charge in [0.15, 0.2) is 5.16 Å². The third-order valence-electron chi connectivity index (χ3n) is 4.49. The second-order valence-corrected chi connectivity index (χ2v) is 7.94. The molecule has 0 bridgehead atoms. The van der Waals surface area contributed by atoms with Gasteiger partial charge in [-0.25, -0.2) is 4.98 Å². The van der Waals surface area contributed by atoms with Gasteiger partial charge in [-0.15, -0.1) is 0 Å². The van der Waals surface area contributed by atoms with Crippen LogP contribution in [-0.4, -0.2) is 21.1 Å². The molecule has 0 unspecified atom stereocenters. The lowest BCUT2D eigenvalue weighted by atomic mass is 10.1. The number of nitrogens with zero attached hydrogens (tertiary/aromatic N) is 1. The number of aromatic nitrogens is 2. The summed E-state index contributed by atoms with van der Waals surface area (Å²) in [6.07, 6.45) is 0. The fraction of sp³-hybridized carbons (Fsp3) is 0.227. The molecule has 3 aromatic rings. The molecular formula is C22H23N3O2S. The first kappa shape index (κ1) is 19.9. The average molecular weight is 394 g/mol. The molecule has 1 heterocycles. The molecule has 0 saturated heterocycles. The highest BCUT2D eigenvalue weighted by molar-refractivity contribution is 8.00. The number of hydrogen-bond acceptors (Lipinski definition) is 4. The van der Waals surface area contributed by atoms with Crippen LogP contribution in [0.1, 0.15) is 31.0 Å². The van der Waals surface area contributed by atoms with Crippen molar-refractivity contribution < 1.29 is 4.79 Å². The summed E-state index contributed by atoms with van der Waals surface area (Å²) in [5.74, 6) is -0.106. The highest BCUT2D eigenvalue weighted by Gasteiger charge is 2.19. The molecule has 3 rings (SSSR count). The summed E-state index contributed by atoms with van der Waals surface area (Å²) in [5.41, 5.74) is 2.92. The summed E-state index contributed by atoms with van der Waals surface area (Å²) < 4.78 is 0. The van der Waals surface area contributed by atoms with E-state index in [1.807, 2.05) is 67.6 Å². The van der Waals surface area contributed by atoms with E-state index in [0.717, 1.165) is 11.1 Å². The predicted octanol–water partition coefficient (Wildman–Crippen LogP) is 4.10. The molecule has 0 saturated carbocycles. The third kappa shape index (κ3) is 4.70. The summed E-state index contributed by atoms with van der Waals surface area (Å²) in [6, 6.07) is 19.3. The molecule has 2 atom stereocenters. The number of hydrogen-bond donors (Lipinski definition) is 2. The van der Waals surface area contributed by atoms with Crippen LogP contribution in [-0.2, 0) is 4.79 Å². The van der Waals surface area contributed by atoms with E-state index in [4.69, 9.17) is 0 Å². The summed E-state index contributed by atoms with van der Waals surface area (Å²) in [7, 11) is 0. The molecule has 1 aromatic heterocycles. The summed E-state index contributed by atoms with van der Waals surface area (Å²) >= 11 is 1.24. The Morgan fingerprint density at radius 2 is 1.64 bits per heavy atom. The largest absolute Gasteiger partial charge is 0.349 e. The van der Waals surface area contributed by atoms with E-state index >= 15 is 0 Å². The molecule has 0 radical (unpaired) electrons. The van der Waals surface area contributed by atoms with Crippen molar-refractivity contribution >= 4 is 17.7 Å². The number of benzene rings is 2. The highest BCUT2D eigenvalue weighted by Crippen LogP contribution is 2.24. The number of thioether (sulfide) groups is 1. The van der Waals surface area contributed by atoms with Gasteiger partial charge in [-0.1, -0.05) is 72.4 Å². The molecule has 0 aliphatic heterocycles. The van der Waals surface area contributed by atoms with Crippen LogP contribution in [0.15, 0.2) is 70.6 Å². The van der Waals surface area contributed by atoms with Gasteiger partial charge >= 0.3 is 0 Å². The number of nitrogens with one attached hydrogen (secondary N) is 2. The first-order valence-corrected chi connectivity index (χ1v) is 10.0. The highest BCUT2D eigenvalue weighted by atomic mass is 32.2. The quantitative estimate of drug-likeness (QED) is 0.488. The number of carbonyl (C=O) groups is 1. The van der Waals surface area contributed by atoms with E-state index in [-0.39, 0.29) is 17.5 Å². The number of amides is 1. The molecule has 1 amide bonds. The first-order valence-electron chi connectivity index (χ1n) is 9.14. The van der Waals surface area contributed by atoms with Crippen LogP contribution < -0.4 is 10.9 Å². The summed E-state index contributed by atoms with van der Waals surface area (Å²) in [4.78, 5) is 32.3. The van der Waals surface area contributed by atoms with Crippen LogP contribution >= 0.6 is 11.8 Å². The molecule has 2 aromatic carbocycles. The molecule has 0 fully saturated rings. The van der Waals surface area contributed by atoms with Crippen molar-refractivity contribution in [2.45, 2.75) is 37.2 Å². The lowest BCUT2D eigenvalue weighted by Gasteiger charge is -2.17. The molecule has 0 aliphatic rings. The maximum Gasteiger partial charge on any atom is 0.255 e. The van der Waals surface area contributed by atoms with Gasteiger partial charge < -0.3 is 10.3 Å². The predicted molar refractivity (Wildman–Crippen MR) is 113 cm³/mol. The Labute approximate surface area is 168 Å². The van der Waals surface area contributed by atoms with Gasteiger partial charge in [0.05, 0.1) is 17.0 Å². The Morgan fingerprint density at radius 3 is 2.29 bits per heavy atom. The molecule has 6 heteroatoms. The van der Waals surface area contributed by atoms with Crippen molar-refractivity contribution in [3.8, 4) is 11.3 Å². The van der Waals surface area contributed by atoms with Crippen molar-refractivity contribution in [3.63, 3.8) is 0 Å². The monoisotopic (exact) mass is 393 g/mol. The molecule has 2 N–H and O–H groups in total. The van der Waals surface area contributed by atoms with E-state index in [0.29, 0.717) is 16.4 Å². The van der Waals surface area contributed by atoms with Crippen molar-refractivity contribution in [3.05, 3.63) is 82.1 Å². The third-order valence-corrected chi connectivity index (χ3v) is 5.48. The van der Waals surface area contributed by atoms with E-state index in [1.165, 1.54) is 11.8 Å². The number of aromatic amines is 1. The molecule has 5 nitrogen and oxygen atoms in total. The fourth-order valence-electron chi connectivity index (χ4n) is 2.82. The smallest absolute Gasteiger partial charge is 0.255 e. The minimum atomic E-state index is -0.402. The summed E-state index contributed by atoms with van der Waals surface area (Å²) in [6.45, 7) is 5.50. The zero-order valence-corrected chi connectivity index (χ0v) is 16.9. The Morgan fingerprint density at radius 1 is 1.04 bits per heavy atom. The number of carbonyl (C=O) groups excluding carboxylic acids is 1. The second-order valence-electron chi connectivity index (χ2n) is 6.61. The van der Waals surface area contributed by atoms with Crippen LogP contribution in [0.2, 0.25) is 0 Å². The minimum Gasteiger partial charge on any atom is -0.349 e. The fourth-order valence-corrected chi connectivity index (χ4v) is 3.63. The number of H-pyrrole nitrogens is 1. The van der Waals surface area contributed by atoms with Crippen molar-refractivity contribution in [2.75, 3.05) is 0 Å². The minimum absolute atomic E-state index is 0.0957. The van der Waals surface area contributed by atoms with Crippen molar-refractivity contribution in [1.82, 2.24) is 15.3 Å². The van der Waals surface area contributed by atoms with Gasteiger partial charge in [0.25, 0.3) is 5.56 Å². The zero-order chi connectivity index (χ0) is 20.1. The maximum absolute atomic E-state index is 12.6. The first-order chi connectivity index (χ1) is 13.5. The van der Waals surface area contributed by atoms with Gasteiger partial charge in [-0.3, -0.25) is 9.59 Å². The SMILES string of the molecule is Cc1c(-c2ccccc2)nc(S[C@@H](C)C(=O)N[C@H](C)c2ccccc2)[nH]c1=O. The topological polar surface area (TPSA) is 74.8 Å². The molecule has 144 valence electrons. The second kappa shape index (κ2) is 8.89. The standard InChI is InChI=1S/C22H23N3O2S/c1-14-19(18-12-8-5-9-13-18)24-22(25-20(14)26)28-16(3)21(27)23-15(2)17-10-6-4-7-11-17/h4-13,15-16H,1-3H3,(H,23,27)(H,24,25,26)/t15-,16+/m1/s1. The van der Waals surface area contributed by atoms with Gasteiger partial charge in [-0.2, -0.15) is 0 Å². The Bertz CT molecular complexity index is 1000. The van der Waals surface area contributed by atoms with Crippen LogP contribution in [0.5, 0.6) is 0 Å². The lowest BCUT2D eigenvalue weighted by Crippen LogP contribution is -2.33. The zero-order valence-electron chi connectivity index (χ0n) is 16.1. The van der Waals surface area contributed by atoms with Gasteiger partial charge in [-0.05, 0) is 26.3 Å². The summed E-state index contributed by atoms with van der Waals surface area (Å²) in [5, 5.41) is 3.04. The van der Waals surface area contributed by atoms with E-state index < -0.39 is 5.25 Å². The van der Waals surface area contributed by atoms with Crippen molar-refractivity contribution in [2.24, 2.45) is 0 Å². The Hall–Kier alpha value is -2.86. The van der Waals surface area contributed by atoms with Crippen LogP contribution in [0.4, 0.5) is 0 Å². The van der Waals surface area contributed by atoms with Crippen molar-refractivity contribution in [1.29, 1.82) is 0 Å².